The molecule has 1 heterocycles. The molecule has 2 atom stereocenters. The van der Waals surface area contributed by atoms with Gasteiger partial charge < -0.3 is 9.64 Å². The van der Waals surface area contributed by atoms with E-state index >= 15 is 0 Å². The first-order chi connectivity index (χ1) is 11.3. The summed E-state index contributed by atoms with van der Waals surface area (Å²) in [4.78, 5) is 27.1. The molecule has 0 aliphatic carbocycles. The van der Waals surface area contributed by atoms with Crippen LogP contribution in [0.2, 0.25) is 5.02 Å². The number of benzene rings is 1. The number of amides is 1. The van der Waals surface area contributed by atoms with Gasteiger partial charge in [-0.25, -0.2) is 4.79 Å². The van der Waals surface area contributed by atoms with Crippen molar-refractivity contribution in [2.45, 2.75) is 39.1 Å². The standard InChI is InChI=1S/C18H24ClNO3S/c1-11(2)9-23-18(22)15-10-24-17(12(3)4)20(15)16(21)13-5-7-14(19)8-6-13/h5-8,11-12,15,17H,9-10H2,1-4H3. The number of esters is 1. The van der Waals surface area contributed by atoms with E-state index in [9.17, 15) is 9.59 Å². The van der Waals surface area contributed by atoms with Crippen LogP contribution in [0.4, 0.5) is 0 Å². The summed E-state index contributed by atoms with van der Waals surface area (Å²) in [5.41, 5.74) is 0.536. The van der Waals surface area contributed by atoms with E-state index in [0.717, 1.165) is 0 Å². The summed E-state index contributed by atoms with van der Waals surface area (Å²) >= 11 is 7.54. The molecule has 1 aliphatic rings. The van der Waals surface area contributed by atoms with E-state index in [1.165, 1.54) is 0 Å². The van der Waals surface area contributed by atoms with E-state index in [1.807, 2.05) is 13.8 Å². The molecule has 6 heteroatoms. The van der Waals surface area contributed by atoms with Gasteiger partial charge >= 0.3 is 5.97 Å². The van der Waals surface area contributed by atoms with E-state index < -0.39 is 6.04 Å². The molecule has 2 unspecified atom stereocenters. The van der Waals surface area contributed by atoms with Crippen LogP contribution >= 0.6 is 23.4 Å². The Hall–Kier alpha value is -1.20. The van der Waals surface area contributed by atoms with Crippen LogP contribution in [-0.4, -0.2) is 40.6 Å². The second-order valence-corrected chi connectivity index (χ2v) is 8.31. The summed E-state index contributed by atoms with van der Waals surface area (Å²) in [7, 11) is 0. The first-order valence-corrected chi connectivity index (χ1v) is 9.60. The molecule has 1 aromatic rings. The Balaban J connectivity index is 2.23. The minimum Gasteiger partial charge on any atom is -0.464 e. The van der Waals surface area contributed by atoms with Crippen molar-refractivity contribution in [2.75, 3.05) is 12.4 Å². The maximum Gasteiger partial charge on any atom is 0.329 e. The fraction of sp³-hybridized carbons (Fsp3) is 0.556. The van der Waals surface area contributed by atoms with Crippen LogP contribution in [0.1, 0.15) is 38.1 Å². The molecule has 1 aromatic carbocycles. The molecular weight excluding hydrogens is 346 g/mol. The lowest BCUT2D eigenvalue weighted by Crippen LogP contribution is -2.47. The molecule has 0 radical (unpaired) electrons. The number of rotatable bonds is 5. The molecule has 4 nitrogen and oxygen atoms in total. The van der Waals surface area contributed by atoms with Crippen molar-refractivity contribution in [3.8, 4) is 0 Å². The van der Waals surface area contributed by atoms with Gasteiger partial charge in [0.15, 0.2) is 0 Å². The van der Waals surface area contributed by atoms with Crippen molar-refractivity contribution in [1.29, 1.82) is 0 Å². The minimum atomic E-state index is -0.538. The smallest absolute Gasteiger partial charge is 0.329 e. The lowest BCUT2D eigenvalue weighted by Gasteiger charge is -2.30. The number of halogens is 1. The zero-order chi connectivity index (χ0) is 17.9. The second-order valence-electron chi connectivity index (χ2n) is 6.73. The number of thioether (sulfide) groups is 1. The predicted octanol–water partition coefficient (Wildman–Crippen LogP) is 4.08. The van der Waals surface area contributed by atoms with Gasteiger partial charge in [0.2, 0.25) is 0 Å². The molecule has 1 amide bonds. The minimum absolute atomic E-state index is 0.0372. The quantitative estimate of drug-likeness (QED) is 0.734. The van der Waals surface area contributed by atoms with Crippen LogP contribution in [0.15, 0.2) is 24.3 Å². The highest BCUT2D eigenvalue weighted by atomic mass is 35.5. The average Bonchev–Trinajstić information content (AvgIpc) is 2.97. The number of carbonyl (C=O) groups is 2. The fourth-order valence-corrected chi connectivity index (χ4v) is 4.16. The first kappa shape index (κ1) is 19.1. The molecule has 0 aromatic heterocycles. The fourth-order valence-electron chi connectivity index (χ4n) is 2.57. The lowest BCUT2D eigenvalue weighted by molar-refractivity contribution is -0.149. The predicted molar refractivity (Wildman–Crippen MR) is 98.3 cm³/mol. The Morgan fingerprint density at radius 1 is 1.25 bits per heavy atom. The Morgan fingerprint density at radius 3 is 2.42 bits per heavy atom. The van der Waals surface area contributed by atoms with Crippen LogP contribution in [0, 0.1) is 11.8 Å². The number of nitrogens with zero attached hydrogens (tertiary/aromatic N) is 1. The summed E-state index contributed by atoms with van der Waals surface area (Å²) in [6.45, 7) is 8.47. The highest BCUT2D eigenvalue weighted by Crippen LogP contribution is 2.35. The lowest BCUT2D eigenvalue weighted by atomic mass is 10.1. The Kier molecular flexibility index (Phi) is 6.58. The van der Waals surface area contributed by atoms with Gasteiger partial charge in [0.1, 0.15) is 6.04 Å². The topological polar surface area (TPSA) is 46.6 Å². The van der Waals surface area contributed by atoms with Gasteiger partial charge in [0.05, 0.1) is 12.0 Å². The maximum atomic E-state index is 13.0. The summed E-state index contributed by atoms with van der Waals surface area (Å²) in [5.74, 6) is 0.612. The monoisotopic (exact) mass is 369 g/mol. The average molecular weight is 370 g/mol. The molecule has 2 rings (SSSR count). The first-order valence-electron chi connectivity index (χ1n) is 8.17. The molecule has 0 spiro atoms. The third-order valence-electron chi connectivity index (χ3n) is 3.76. The third-order valence-corrected chi connectivity index (χ3v) is 5.63. The number of ether oxygens (including phenoxy) is 1. The third kappa shape index (κ3) is 4.45. The van der Waals surface area contributed by atoms with Crippen LogP contribution < -0.4 is 0 Å². The van der Waals surface area contributed by atoms with E-state index in [0.29, 0.717) is 22.9 Å². The van der Waals surface area contributed by atoms with Crippen LogP contribution in [0.5, 0.6) is 0 Å². The van der Waals surface area contributed by atoms with Gasteiger partial charge in [-0.15, -0.1) is 11.8 Å². The van der Waals surface area contributed by atoms with E-state index in [2.05, 4.69) is 13.8 Å². The zero-order valence-electron chi connectivity index (χ0n) is 14.5. The molecule has 0 N–H and O–H groups in total. The highest BCUT2D eigenvalue weighted by molar-refractivity contribution is 8.00. The van der Waals surface area contributed by atoms with Crippen LogP contribution in [-0.2, 0) is 9.53 Å². The van der Waals surface area contributed by atoms with Crippen molar-refractivity contribution < 1.29 is 14.3 Å². The van der Waals surface area contributed by atoms with E-state index in [1.54, 1.807) is 40.9 Å². The Bertz CT molecular complexity index is 588. The molecule has 0 bridgehead atoms. The SMILES string of the molecule is CC(C)COC(=O)C1CSC(C(C)C)N1C(=O)c1ccc(Cl)cc1. The molecule has 1 fully saturated rings. The van der Waals surface area contributed by atoms with Crippen molar-refractivity contribution in [1.82, 2.24) is 4.90 Å². The molecule has 0 saturated carbocycles. The molecule has 1 aliphatic heterocycles. The summed E-state index contributed by atoms with van der Waals surface area (Å²) in [6, 6.07) is 6.23. The molecular formula is C18H24ClNO3S. The van der Waals surface area contributed by atoms with Gasteiger partial charge in [0.25, 0.3) is 5.91 Å². The second kappa shape index (κ2) is 8.26. The zero-order valence-corrected chi connectivity index (χ0v) is 16.1. The van der Waals surface area contributed by atoms with Crippen molar-refractivity contribution in [3.63, 3.8) is 0 Å². The number of hydrogen-bond acceptors (Lipinski definition) is 4. The normalized spacial score (nSPS) is 20.7. The highest BCUT2D eigenvalue weighted by Gasteiger charge is 2.43. The number of carbonyl (C=O) groups excluding carboxylic acids is 2. The Labute approximate surface area is 152 Å². The van der Waals surface area contributed by atoms with Crippen molar-refractivity contribution >= 4 is 35.2 Å². The van der Waals surface area contributed by atoms with Gasteiger partial charge in [-0.1, -0.05) is 39.3 Å². The molecule has 1 saturated heterocycles. The molecule has 24 heavy (non-hydrogen) atoms. The van der Waals surface area contributed by atoms with Crippen molar-refractivity contribution in [2.24, 2.45) is 11.8 Å². The van der Waals surface area contributed by atoms with Gasteiger partial charge in [0, 0.05) is 16.3 Å². The van der Waals surface area contributed by atoms with Crippen LogP contribution in [0.3, 0.4) is 0 Å². The number of hydrogen-bond donors (Lipinski definition) is 0. The van der Waals surface area contributed by atoms with E-state index in [4.69, 9.17) is 16.3 Å². The largest absolute Gasteiger partial charge is 0.464 e. The molecule has 132 valence electrons. The van der Waals surface area contributed by atoms with Crippen LogP contribution in [0.25, 0.3) is 0 Å². The van der Waals surface area contributed by atoms with Gasteiger partial charge in [-0.2, -0.15) is 0 Å². The Morgan fingerprint density at radius 2 is 1.88 bits per heavy atom. The van der Waals surface area contributed by atoms with E-state index in [-0.39, 0.29) is 29.1 Å². The summed E-state index contributed by atoms with van der Waals surface area (Å²) < 4.78 is 5.38. The summed E-state index contributed by atoms with van der Waals surface area (Å²) in [5, 5.41) is 0.542. The maximum absolute atomic E-state index is 13.0. The van der Waals surface area contributed by atoms with Gasteiger partial charge in [-0.05, 0) is 36.1 Å². The summed E-state index contributed by atoms with van der Waals surface area (Å²) in [6.07, 6.45) is 0. The van der Waals surface area contributed by atoms with Gasteiger partial charge in [-0.3, -0.25) is 4.79 Å². The van der Waals surface area contributed by atoms with Crippen molar-refractivity contribution in [3.05, 3.63) is 34.9 Å².